The van der Waals surface area contributed by atoms with Crippen molar-refractivity contribution in [3.63, 3.8) is 0 Å². The average Bonchev–Trinajstić information content (AvgIpc) is 2.57. The Kier molecular flexibility index (Phi) is 6.93. The van der Waals surface area contributed by atoms with E-state index in [9.17, 15) is 14.4 Å². The van der Waals surface area contributed by atoms with Crippen LogP contribution in [0.15, 0.2) is 16.9 Å². The number of hydrogen-bond acceptors (Lipinski definition) is 6. The molecule has 9 heteroatoms. The van der Waals surface area contributed by atoms with Gasteiger partial charge in [0, 0.05) is 37.8 Å². The molecule has 5 N–H and O–H groups in total. The molecular weight excluding hydrogens is 326 g/mol. The minimum Gasteiger partial charge on any atom is -0.481 e. The summed E-state index contributed by atoms with van der Waals surface area (Å²) < 4.78 is 0. The Morgan fingerprint density at radius 2 is 1.88 bits per heavy atom. The summed E-state index contributed by atoms with van der Waals surface area (Å²) >= 11 is 0. The lowest BCUT2D eigenvalue weighted by molar-refractivity contribution is -0.138. The molecule has 0 aliphatic carbocycles. The summed E-state index contributed by atoms with van der Waals surface area (Å²) in [6, 6.07) is 0. The van der Waals surface area contributed by atoms with Gasteiger partial charge in [0.25, 0.3) is 0 Å². The Balaban J connectivity index is 1.87. The Morgan fingerprint density at radius 3 is 2.40 bits per heavy atom. The van der Waals surface area contributed by atoms with Gasteiger partial charge < -0.3 is 15.3 Å². The van der Waals surface area contributed by atoms with E-state index >= 15 is 0 Å². The Morgan fingerprint density at radius 1 is 1.20 bits per heavy atom. The van der Waals surface area contributed by atoms with Crippen molar-refractivity contribution in [3.8, 4) is 0 Å². The molecular formula is C16H25N5O4. The summed E-state index contributed by atoms with van der Waals surface area (Å²) in [4.78, 5) is 40.1. The second kappa shape index (κ2) is 9.16. The summed E-state index contributed by atoms with van der Waals surface area (Å²) in [7, 11) is 0. The van der Waals surface area contributed by atoms with Crippen LogP contribution in [0.25, 0.3) is 0 Å². The number of nitrogens with zero attached hydrogens (tertiary/aromatic N) is 2. The van der Waals surface area contributed by atoms with Crippen LogP contribution >= 0.6 is 0 Å². The van der Waals surface area contributed by atoms with Gasteiger partial charge in [-0.1, -0.05) is 0 Å². The maximum Gasteiger partial charge on any atom is 0.323 e. The number of hydrazine groups is 1. The first-order valence-corrected chi connectivity index (χ1v) is 8.54. The second-order valence-electron chi connectivity index (χ2n) is 6.36. The number of carbonyl (C=O) groups excluding carboxylic acids is 2. The van der Waals surface area contributed by atoms with Gasteiger partial charge in [-0.15, -0.1) is 0 Å². The standard InChI is InChI=1S/C16H25N5O4/c17-20-16(25)15(24)19-12-5-6-13(18-10-12)21-7-1-3-11(4-2-8-21)9-14(22)23/h10-11H,1-9,17H2,(H,19,24)(H,20,25)(H,22,23). The van der Waals surface area contributed by atoms with Crippen LogP contribution in [0.1, 0.15) is 44.9 Å². The van der Waals surface area contributed by atoms with Crippen LogP contribution in [-0.4, -0.2) is 46.7 Å². The molecule has 138 valence electrons. The van der Waals surface area contributed by atoms with Crippen LogP contribution in [0.4, 0.5) is 0 Å². The van der Waals surface area contributed by atoms with Gasteiger partial charge in [0.15, 0.2) is 0 Å². The molecule has 2 rings (SSSR count). The molecule has 2 amide bonds. The number of nitrogens with two attached hydrogens (primary N) is 1. The van der Waals surface area contributed by atoms with Gasteiger partial charge in [0.05, 0.1) is 0 Å². The quantitative estimate of drug-likeness (QED) is 0.246. The highest BCUT2D eigenvalue weighted by atomic mass is 16.4. The van der Waals surface area contributed by atoms with E-state index in [4.69, 9.17) is 10.9 Å². The number of amides is 2. The van der Waals surface area contributed by atoms with Crippen molar-refractivity contribution in [3.05, 3.63) is 11.9 Å². The van der Waals surface area contributed by atoms with Gasteiger partial charge in [-0.3, -0.25) is 19.8 Å². The zero-order valence-corrected chi connectivity index (χ0v) is 14.2. The van der Waals surface area contributed by atoms with Crippen LogP contribution in [-0.2, 0) is 14.4 Å². The van der Waals surface area contributed by atoms with Crippen LogP contribution in [0.3, 0.4) is 0 Å². The molecule has 0 unspecified atom stereocenters. The molecule has 0 atom stereocenters. The fourth-order valence-corrected chi connectivity index (χ4v) is 3.24. The number of carboxylic acid groups (broad SMARTS) is 1. The zero-order valence-electron chi connectivity index (χ0n) is 14.2. The molecule has 0 saturated carbocycles. The average molecular weight is 351 g/mol. The first-order valence-electron chi connectivity index (χ1n) is 8.54. The van der Waals surface area contributed by atoms with Gasteiger partial charge in [0.1, 0.15) is 5.84 Å². The van der Waals surface area contributed by atoms with E-state index < -0.39 is 17.8 Å². The number of rotatable bonds is 3. The second-order valence-corrected chi connectivity index (χ2v) is 6.36. The highest BCUT2D eigenvalue weighted by molar-refractivity contribution is 6.35. The van der Waals surface area contributed by atoms with Crippen molar-refractivity contribution in [1.82, 2.24) is 15.6 Å². The van der Waals surface area contributed by atoms with Gasteiger partial charge in [-0.25, -0.2) is 10.8 Å². The third kappa shape index (κ3) is 5.86. The highest BCUT2D eigenvalue weighted by Gasteiger charge is 2.21. The normalized spacial score (nSPS) is 19.2. The number of aliphatic imine (C=N–C) groups is 1. The van der Waals surface area contributed by atoms with E-state index in [1.54, 1.807) is 11.6 Å². The summed E-state index contributed by atoms with van der Waals surface area (Å²) in [6.07, 6.45) is 6.84. The SMILES string of the molecule is NNC(=O)C(=O)NC1=CN=C(N2CCCC(CC(=O)O)CCC2)CC1. The minimum atomic E-state index is -0.893. The van der Waals surface area contributed by atoms with E-state index in [1.807, 2.05) is 0 Å². The largest absolute Gasteiger partial charge is 0.481 e. The molecule has 0 spiro atoms. The van der Waals surface area contributed by atoms with Crippen molar-refractivity contribution in [2.75, 3.05) is 13.1 Å². The summed E-state index contributed by atoms with van der Waals surface area (Å²) in [6.45, 7) is 1.72. The summed E-state index contributed by atoms with van der Waals surface area (Å²) in [5.41, 5.74) is 2.37. The van der Waals surface area contributed by atoms with Crippen molar-refractivity contribution in [2.24, 2.45) is 16.8 Å². The molecule has 1 saturated heterocycles. The third-order valence-electron chi connectivity index (χ3n) is 4.51. The topological polar surface area (TPSA) is 137 Å². The predicted octanol–water partition coefficient (Wildman–Crippen LogP) is 0.0931. The van der Waals surface area contributed by atoms with E-state index in [0.717, 1.165) is 44.6 Å². The number of amidine groups is 1. The molecule has 2 aliphatic heterocycles. The maximum atomic E-state index is 11.5. The molecule has 0 aromatic rings. The van der Waals surface area contributed by atoms with Crippen molar-refractivity contribution in [2.45, 2.75) is 44.9 Å². The van der Waals surface area contributed by atoms with Crippen LogP contribution in [0, 0.1) is 5.92 Å². The predicted molar refractivity (Wildman–Crippen MR) is 91.0 cm³/mol. The number of likely N-dealkylation sites (tertiary alicyclic amines) is 1. The molecule has 25 heavy (non-hydrogen) atoms. The third-order valence-corrected chi connectivity index (χ3v) is 4.51. The molecule has 0 aromatic carbocycles. The molecule has 2 heterocycles. The van der Waals surface area contributed by atoms with Crippen molar-refractivity contribution < 1.29 is 19.5 Å². The van der Waals surface area contributed by atoms with Gasteiger partial charge in [0.2, 0.25) is 0 Å². The Bertz CT molecular complexity index is 577. The first-order chi connectivity index (χ1) is 12.0. The van der Waals surface area contributed by atoms with Crippen molar-refractivity contribution >= 4 is 23.6 Å². The van der Waals surface area contributed by atoms with Crippen molar-refractivity contribution in [1.29, 1.82) is 0 Å². The van der Waals surface area contributed by atoms with E-state index in [2.05, 4.69) is 15.2 Å². The Labute approximate surface area is 146 Å². The fourth-order valence-electron chi connectivity index (χ4n) is 3.24. The highest BCUT2D eigenvalue weighted by Crippen LogP contribution is 2.23. The lowest BCUT2D eigenvalue weighted by Gasteiger charge is -2.31. The monoisotopic (exact) mass is 351 g/mol. The number of hydrogen-bond donors (Lipinski definition) is 4. The van der Waals surface area contributed by atoms with Crippen LogP contribution in [0.5, 0.6) is 0 Å². The van der Waals surface area contributed by atoms with Crippen LogP contribution < -0.4 is 16.6 Å². The number of nitrogens with one attached hydrogen (secondary N) is 2. The van der Waals surface area contributed by atoms with Gasteiger partial charge in [-0.2, -0.15) is 0 Å². The lowest BCUT2D eigenvalue weighted by atomic mass is 9.92. The zero-order chi connectivity index (χ0) is 18.2. The Hall–Kier alpha value is -2.42. The molecule has 1 fully saturated rings. The fraction of sp³-hybridized carbons (Fsp3) is 0.625. The molecule has 0 aromatic heterocycles. The number of aliphatic carboxylic acids is 1. The van der Waals surface area contributed by atoms with Gasteiger partial charge in [-0.05, 0) is 38.0 Å². The van der Waals surface area contributed by atoms with Gasteiger partial charge >= 0.3 is 17.8 Å². The summed E-state index contributed by atoms with van der Waals surface area (Å²) in [5, 5.41) is 11.4. The smallest absolute Gasteiger partial charge is 0.323 e. The number of allylic oxidation sites excluding steroid dienone is 1. The van der Waals surface area contributed by atoms with E-state index in [1.165, 1.54) is 0 Å². The minimum absolute atomic E-state index is 0.253. The number of carbonyl (C=O) groups is 3. The van der Waals surface area contributed by atoms with E-state index in [-0.39, 0.29) is 12.3 Å². The molecule has 2 aliphatic rings. The maximum absolute atomic E-state index is 11.5. The number of carboxylic acids is 1. The summed E-state index contributed by atoms with van der Waals surface area (Å²) in [5.74, 6) is 3.74. The first kappa shape index (κ1) is 18.9. The molecule has 0 bridgehead atoms. The lowest BCUT2D eigenvalue weighted by Crippen LogP contribution is -2.43. The molecule has 9 nitrogen and oxygen atoms in total. The van der Waals surface area contributed by atoms with E-state index in [0.29, 0.717) is 18.5 Å². The molecule has 0 radical (unpaired) electrons. The van der Waals surface area contributed by atoms with Crippen LogP contribution in [0.2, 0.25) is 0 Å².